The molecule has 0 aliphatic rings. The molecule has 86 valence electrons. The van der Waals surface area contributed by atoms with Crippen molar-refractivity contribution in [3.8, 4) is 23.6 Å². The number of hydrogen-bond donors (Lipinski definition) is 0. The monoisotopic (exact) mass is 346 g/mol. The Morgan fingerprint density at radius 3 is 2.06 bits per heavy atom. The van der Waals surface area contributed by atoms with E-state index in [2.05, 4.69) is 22.6 Å². The highest BCUT2D eigenvalue weighted by molar-refractivity contribution is 14.1. The van der Waals surface area contributed by atoms with Crippen molar-refractivity contribution in [3.63, 3.8) is 0 Å². The summed E-state index contributed by atoms with van der Waals surface area (Å²) in [6, 6.07) is 16.3. The highest BCUT2D eigenvalue weighted by Crippen LogP contribution is 2.24. The van der Waals surface area contributed by atoms with Gasteiger partial charge >= 0.3 is 0 Å². The SMILES string of the molecule is N#Cc1ccc(Oc2ccc(I)cc2)cc1C#N. The predicted molar refractivity (Wildman–Crippen MR) is 75.1 cm³/mol. The summed E-state index contributed by atoms with van der Waals surface area (Å²) in [5, 5.41) is 17.7. The molecule has 0 heterocycles. The van der Waals surface area contributed by atoms with E-state index in [0.717, 1.165) is 3.57 Å². The lowest BCUT2D eigenvalue weighted by molar-refractivity contribution is 0.482. The van der Waals surface area contributed by atoms with E-state index in [9.17, 15) is 0 Å². The fraction of sp³-hybridized carbons (Fsp3) is 0. The van der Waals surface area contributed by atoms with Crippen LogP contribution in [-0.4, -0.2) is 0 Å². The van der Waals surface area contributed by atoms with Crippen LogP contribution in [0, 0.1) is 26.2 Å². The first-order valence-corrected chi connectivity index (χ1v) is 6.18. The second-order valence-electron chi connectivity index (χ2n) is 3.49. The van der Waals surface area contributed by atoms with E-state index >= 15 is 0 Å². The summed E-state index contributed by atoms with van der Waals surface area (Å²) in [5.74, 6) is 1.25. The summed E-state index contributed by atoms with van der Waals surface area (Å²) < 4.78 is 6.73. The third-order valence-corrected chi connectivity index (χ3v) is 3.00. The quantitative estimate of drug-likeness (QED) is 0.777. The number of hydrogen-bond acceptors (Lipinski definition) is 3. The van der Waals surface area contributed by atoms with Crippen LogP contribution in [0.1, 0.15) is 11.1 Å². The summed E-state index contributed by atoms with van der Waals surface area (Å²) in [7, 11) is 0. The molecule has 0 atom stereocenters. The van der Waals surface area contributed by atoms with E-state index in [1.54, 1.807) is 18.2 Å². The van der Waals surface area contributed by atoms with Crippen molar-refractivity contribution < 1.29 is 4.74 Å². The number of rotatable bonds is 2. The van der Waals surface area contributed by atoms with Crippen molar-refractivity contribution >= 4 is 22.6 Å². The second-order valence-corrected chi connectivity index (χ2v) is 4.73. The van der Waals surface area contributed by atoms with Gasteiger partial charge in [-0.25, -0.2) is 0 Å². The molecule has 2 rings (SSSR count). The van der Waals surface area contributed by atoms with Crippen molar-refractivity contribution in [2.75, 3.05) is 0 Å². The summed E-state index contributed by atoms with van der Waals surface area (Å²) >= 11 is 2.21. The predicted octanol–water partition coefficient (Wildman–Crippen LogP) is 3.83. The Bertz CT molecular complexity index is 651. The largest absolute Gasteiger partial charge is 0.457 e. The molecule has 0 spiro atoms. The van der Waals surface area contributed by atoms with Gasteiger partial charge < -0.3 is 4.74 Å². The lowest BCUT2D eigenvalue weighted by Crippen LogP contribution is -1.88. The van der Waals surface area contributed by atoms with Gasteiger partial charge in [0, 0.05) is 3.57 Å². The van der Waals surface area contributed by atoms with Gasteiger partial charge in [-0.3, -0.25) is 0 Å². The van der Waals surface area contributed by atoms with Gasteiger partial charge in [0.2, 0.25) is 0 Å². The normalized spacial score (nSPS) is 9.28. The van der Waals surface area contributed by atoms with E-state index in [-0.39, 0.29) is 0 Å². The Balaban J connectivity index is 2.28. The van der Waals surface area contributed by atoms with Crippen LogP contribution in [0.4, 0.5) is 0 Å². The molecule has 3 nitrogen and oxygen atoms in total. The Morgan fingerprint density at radius 1 is 0.833 bits per heavy atom. The van der Waals surface area contributed by atoms with E-state index in [0.29, 0.717) is 22.6 Å². The zero-order valence-corrected chi connectivity index (χ0v) is 11.4. The van der Waals surface area contributed by atoms with Crippen LogP contribution in [0.15, 0.2) is 42.5 Å². The maximum atomic E-state index is 8.92. The smallest absolute Gasteiger partial charge is 0.128 e. The summed E-state index contributed by atoms with van der Waals surface area (Å²) in [6.45, 7) is 0. The van der Waals surface area contributed by atoms with Crippen molar-refractivity contribution in [1.29, 1.82) is 10.5 Å². The van der Waals surface area contributed by atoms with Crippen molar-refractivity contribution in [2.45, 2.75) is 0 Å². The molecule has 0 fully saturated rings. The molecule has 0 aliphatic heterocycles. The fourth-order valence-electron chi connectivity index (χ4n) is 1.42. The lowest BCUT2D eigenvalue weighted by Gasteiger charge is -2.06. The molecule has 0 amide bonds. The fourth-order valence-corrected chi connectivity index (χ4v) is 1.78. The third-order valence-electron chi connectivity index (χ3n) is 2.28. The van der Waals surface area contributed by atoms with Crippen molar-refractivity contribution in [1.82, 2.24) is 0 Å². The van der Waals surface area contributed by atoms with E-state index in [1.807, 2.05) is 36.4 Å². The zero-order chi connectivity index (χ0) is 13.0. The topological polar surface area (TPSA) is 56.8 Å². The first-order valence-electron chi connectivity index (χ1n) is 5.10. The molecule has 2 aromatic rings. The van der Waals surface area contributed by atoms with Crippen LogP contribution in [0.2, 0.25) is 0 Å². The minimum atomic E-state index is 0.320. The van der Waals surface area contributed by atoms with Gasteiger partial charge in [-0.2, -0.15) is 10.5 Å². The Labute approximate surface area is 118 Å². The first-order chi connectivity index (χ1) is 8.72. The molecule has 0 saturated heterocycles. The van der Waals surface area contributed by atoms with E-state index in [1.165, 1.54) is 0 Å². The van der Waals surface area contributed by atoms with Gasteiger partial charge in [0.05, 0.1) is 11.1 Å². The highest BCUT2D eigenvalue weighted by atomic mass is 127. The second kappa shape index (κ2) is 5.52. The first kappa shape index (κ1) is 12.4. The van der Waals surface area contributed by atoms with Gasteiger partial charge in [0.1, 0.15) is 23.6 Å². The Kier molecular flexibility index (Phi) is 3.81. The highest BCUT2D eigenvalue weighted by Gasteiger charge is 2.04. The number of halogens is 1. The van der Waals surface area contributed by atoms with Crippen LogP contribution in [0.3, 0.4) is 0 Å². The Morgan fingerprint density at radius 2 is 1.44 bits per heavy atom. The molecule has 18 heavy (non-hydrogen) atoms. The molecule has 0 radical (unpaired) electrons. The number of nitrogens with zero attached hydrogens (tertiary/aromatic N) is 2. The summed E-state index contributed by atoms with van der Waals surface area (Å²) in [4.78, 5) is 0. The molecule has 0 unspecified atom stereocenters. The number of nitriles is 2. The molecule has 0 N–H and O–H groups in total. The molecule has 4 heteroatoms. The van der Waals surface area contributed by atoms with Gasteiger partial charge in [-0.15, -0.1) is 0 Å². The minimum absolute atomic E-state index is 0.320. The van der Waals surface area contributed by atoms with E-state index in [4.69, 9.17) is 15.3 Å². The van der Waals surface area contributed by atoms with Gasteiger partial charge in [0.25, 0.3) is 0 Å². The molecule has 0 saturated carbocycles. The van der Waals surface area contributed by atoms with Gasteiger partial charge in [-0.05, 0) is 65.1 Å². The summed E-state index contributed by atoms with van der Waals surface area (Å²) in [6.07, 6.45) is 0. The molecular formula is C14H7IN2O. The molecule has 0 aliphatic carbocycles. The average molecular weight is 346 g/mol. The maximum absolute atomic E-state index is 8.92. The number of benzene rings is 2. The lowest BCUT2D eigenvalue weighted by atomic mass is 10.1. The number of ether oxygens (including phenoxy) is 1. The molecule has 0 bridgehead atoms. The van der Waals surface area contributed by atoms with Crippen molar-refractivity contribution in [2.24, 2.45) is 0 Å². The van der Waals surface area contributed by atoms with Crippen LogP contribution in [0.5, 0.6) is 11.5 Å². The Hall–Kier alpha value is -2.05. The van der Waals surface area contributed by atoms with Crippen molar-refractivity contribution in [3.05, 3.63) is 57.2 Å². The average Bonchev–Trinajstić information content (AvgIpc) is 2.41. The molecule has 0 aromatic heterocycles. The summed E-state index contributed by atoms with van der Waals surface area (Å²) in [5.41, 5.74) is 0.674. The van der Waals surface area contributed by atoms with Crippen LogP contribution in [-0.2, 0) is 0 Å². The zero-order valence-electron chi connectivity index (χ0n) is 9.22. The van der Waals surface area contributed by atoms with Gasteiger partial charge in [0.15, 0.2) is 0 Å². The molecule has 2 aromatic carbocycles. The van der Waals surface area contributed by atoms with Crippen LogP contribution < -0.4 is 4.74 Å². The van der Waals surface area contributed by atoms with E-state index < -0.39 is 0 Å². The maximum Gasteiger partial charge on any atom is 0.128 e. The molecular weight excluding hydrogens is 339 g/mol. The minimum Gasteiger partial charge on any atom is -0.457 e. The van der Waals surface area contributed by atoms with Crippen LogP contribution in [0.25, 0.3) is 0 Å². The van der Waals surface area contributed by atoms with Gasteiger partial charge in [-0.1, -0.05) is 0 Å². The third kappa shape index (κ3) is 2.79. The van der Waals surface area contributed by atoms with Crippen LogP contribution >= 0.6 is 22.6 Å². The standard InChI is InChI=1S/C14H7IN2O/c15-12-2-5-13(6-3-12)18-14-4-1-10(8-16)11(7-14)9-17/h1-7H.